The van der Waals surface area contributed by atoms with E-state index in [0.29, 0.717) is 5.95 Å². The maximum atomic E-state index is 5.49. The number of fused-ring (bicyclic) bond motifs is 11. The SMILES string of the molecule is CC1(C)c2ccccc2-c2c1c1c3ccc(-n4ccc5ccccc54)cc3ccc1n2-c1nc(-c2ccccc2)c2ccc3ccccc3c2n1. The summed E-state index contributed by atoms with van der Waals surface area (Å²) in [6.45, 7) is 4.73. The quantitative estimate of drug-likeness (QED) is 0.178. The summed E-state index contributed by atoms with van der Waals surface area (Å²) in [7, 11) is 0. The lowest BCUT2D eigenvalue weighted by molar-refractivity contribution is 0.666. The zero-order chi connectivity index (χ0) is 33.8. The first kappa shape index (κ1) is 28.3. The third-order valence-corrected chi connectivity index (χ3v) is 11.1. The summed E-state index contributed by atoms with van der Waals surface area (Å²) in [4.78, 5) is 11.0. The molecule has 0 spiro atoms. The Labute approximate surface area is 294 Å². The van der Waals surface area contributed by atoms with E-state index >= 15 is 0 Å². The van der Waals surface area contributed by atoms with Gasteiger partial charge in [-0.25, -0.2) is 9.97 Å². The van der Waals surface area contributed by atoms with Crippen LogP contribution in [0.2, 0.25) is 0 Å². The van der Waals surface area contributed by atoms with Gasteiger partial charge in [0.25, 0.3) is 0 Å². The summed E-state index contributed by atoms with van der Waals surface area (Å²) >= 11 is 0. The lowest BCUT2D eigenvalue weighted by Crippen LogP contribution is -2.14. The predicted molar refractivity (Wildman–Crippen MR) is 211 cm³/mol. The smallest absolute Gasteiger partial charge is 0.235 e. The van der Waals surface area contributed by atoms with Gasteiger partial charge >= 0.3 is 0 Å². The number of rotatable bonds is 3. The van der Waals surface area contributed by atoms with Gasteiger partial charge in [0, 0.05) is 44.6 Å². The fourth-order valence-corrected chi connectivity index (χ4v) is 8.77. The molecule has 0 atom stereocenters. The van der Waals surface area contributed by atoms with E-state index in [0.717, 1.165) is 38.8 Å². The first-order chi connectivity index (χ1) is 25.1. The van der Waals surface area contributed by atoms with Crippen LogP contribution in [0.25, 0.3) is 88.4 Å². The number of hydrogen-bond acceptors (Lipinski definition) is 2. The maximum Gasteiger partial charge on any atom is 0.235 e. The van der Waals surface area contributed by atoms with Gasteiger partial charge in [-0.15, -0.1) is 0 Å². The Morgan fingerprint density at radius 1 is 0.549 bits per heavy atom. The third-order valence-electron chi connectivity index (χ3n) is 11.1. The highest BCUT2D eigenvalue weighted by Crippen LogP contribution is 2.55. The second-order valence-corrected chi connectivity index (χ2v) is 14.3. The highest BCUT2D eigenvalue weighted by molar-refractivity contribution is 6.15. The standard InChI is InChI=1S/C47H32N4/c1-47(2)38-18-10-9-17-36(38)45-42(47)41-34-24-22-33(50-27-26-30-13-7-11-19-39(30)50)28-32(34)21-25-40(41)51(45)46-48-43(31-14-4-3-5-15-31)37-23-20-29-12-6-8-16-35(29)44(37)49-46/h3-28H,1-2H3. The van der Waals surface area contributed by atoms with Gasteiger partial charge in [0.1, 0.15) is 0 Å². The van der Waals surface area contributed by atoms with Crippen molar-refractivity contribution in [2.45, 2.75) is 19.3 Å². The van der Waals surface area contributed by atoms with Crippen molar-refractivity contribution in [1.29, 1.82) is 0 Å². The summed E-state index contributed by atoms with van der Waals surface area (Å²) in [5.41, 5.74) is 11.3. The van der Waals surface area contributed by atoms with Crippen LogP contribution in [0.15, 0.2) is 158 Å². The van der Waals surface area contributed by atoms with Gasteiger partial charge in [-0.05, 0) is 69.1 Å². The average molecular weight is 653 g/mol. The molecule has 0 unspecified atom stereocenters. The van der Waals surface area contributed by atoms with E-state index < -0.39 is 0 Å². The molecule has 7 aromatic carbocycles. The number of para-hydroxylation sites is 1. The summed E-state index contributed by atoms with van der Waals surface area (Å²) in [6, 6.07) is 54.5. The summed E-state index contributed by atoms with van der Waals surface area (Å²) in [5, 5.41) is 8.28. The molecule has 10 aromatic rings. The van der Waals surface area contributed by atoms with E-state index in [4.69, 9.17) is 9.97 Å². The summed E-state index contributed by atoms with van der Waals surface area (Å²) in [6.07, 6.45) is 2.17. The summed E-state index contributed by atoms with van der Waals surface area (Å²) in [5.74, 6) is 0.686. The minimum Gasteiger partial charge on any atom is -0.317 e. The van der Waals surface area contributed by atoms with Gasteiger partial charge < -0.3 is 4.57 Å². The average Bonchev–Trinajstić information content (AvgIpc) is 3.84. The molecule has 51 heavy (non-hydrogen) atoms. The van der Waals surface area contributed by atoms with Crippen molar-refractivity contribution in [3.63, 3.8) is 0 Å². The van der Waals surface area contributed by atoms with E-state index in [1.807, 2.05) is 0 Å². The van der Waals surface area contributed by atoms with Gasteiger partial charge in [-0.2, -0.15) is 0 Å². The van der Waals surface area contributed by atoms with Gasteiger partial charge in [-0.1, -0.05) is 129 Å². The predicted octanol–water partition coefficient (Wildman–Crippen LogP) is 11.8. The summed E-state index contributed by atoms with van der Waals surface area (Å²) < 4.78 is 4.63. The molecule has 11 rings (SSSR count). The van der Waals surface area contributed by atoms with Crippen molar-refractivity contribution in [2.24, 2.45) is 0 Å². The van der Waals surface area contributed by atoms with Crippen molar-refractivity contribution in [1.82, 2.24) is 19.1 Å². The van der Waals surface area contributed by atoms with Crippen molar-refractivity contribution < 1.29 is 0 Å². The van der Waals surface area contributed by atoms with Crippen LogP contribution in [0.1, 0.15) is 25.0 Å². The molecule has 1 aliphatic rings. The van der Waals surface area contributed by atoms with E-state index in [9.17, 15) is 0 Å². The normalized spacial score (nSPS) is 13.5. The highest BCUT2D eigenvalue weighted by Gasteiger charge is 2.41. The van der Waals surface area contributed by atoms with Crippen molar-refractivity contribution in [3.8, 4) is 34.2 Å². The van der Waals surface area contributed by atoms with Crippen molar-refractivity contribution in [2.75, 3.05) is 0 Å². The Balaban J connectivity index is 1.26. The molecule has 3 aromatic heterocycles. The molecule has 4 heteroatoms. The zero-order valence-electron chi connectivity index (χ0n) is 28.3. The van der Waals surface area contributed by atoms with E-state index in [1.54, 1.807) is 0 Å². The van der Waals surface area contributed by atoms with E-state index in [1.165, 1.54) is 54.8 Å². The lowest BCUT2D eigenvalue weighted by Gasteiger charge is -2.22. The number of nitrogens with zero attached hydrogens (tertiary/aromatic N) is 4. The molecule has 0 aliphatic heterocycles. The topological polar surface area (TPSA) is 35.6 Å². The molecular formula is C47H32N4. The first-order valence-electron chi connectivity index (χ1n) is 17.6. The molecule has 0 saturated carbocycles. The Kier molecular flexibility index (Phi) is 5.70. The highest BCUT2D eigenvalue weighted by atomic mass is 15.2. The molecular weight excluding hydrogens is 621 g/mol. The van der Waals surface area contributed by atoms with Crippen LogP contribution >= 0.6 is 0 Å². The number of benzene rings is 7. The third kappa shape index (κ3) is 3.90. The number of aromatic nitrogens is 4. The lowest BCUT2D eigenvalue weighted by atomic mass is 9.81. The second kappa shape index (κ2) is 10.3. The fraction of sp³-hybridized carbons (Fsp3) is 0.0638. The Morgan fingerprint density at radius 3 is 2.20 bits per heavy atom. The van der Waals surface area contributed by atoms with Crippen LogP contribution < -0.4 is 0 Å². The van der Waals surface area contributed by atoms with Crippen LogP contribution in [0.4, 0.5) is 0 Å². The van der Waals surface area contributed by atoms with Gasteiger partial charge in [-0.3, -0.25) is 4.57 Å². The molecule has 3 heterocycles. The largest absolute Gasteiger partial charge is 0.317 e. The molecule has 240 valence electrons. The molecule has 0 radical (unpaired) electrons. The number of hydrogen-bond donors (Lipinski definition) is 0. The fourth-order valence-electron chi connectivity index (χ4n) is 8.77. The van der Waals surface area contributed by atoms with Crippen LogP contribution in [0.5, 0.6) is 0 Å². The minimum absolute atomic E-state index is 0.231. The van der Waals surface area contributed by atoms with Crippen LogP contribution in [-0.4, -0.2) is 19.1 Å². The molecule has 0 fully saturated rings. The van der Waals surface area contributed by atoms with Crippen LogP contribution in [0, 0.1) is 0 Å². The maximum absolute atomic E-state index is 5.49. The van der Waals surface area contributed by atoms with Gasteiger partial charge in [0.15, 0.2) is 0 Å². The van der Waals surface area contributed by atoms with Gasteiger partial charge in [0.2, 0.25) is 5.95 Å². The minimum atomic E-state index is -0.231. The molecule has 0 N–H and O–H groups in total. The van der Waals surface area contributed by atoms with Crippen LogP contribution in [-0.2, 0) is 5.41 Å². The Hall–Kier alpha value is -6.52. The first-order valence-corrected chi connectivity index (χ1v) is 17.6. The zero-order valence-corrected chi connectivity index (χ0v) is 28.3. The molecule has 1 aliphatic carbocycles. The van der Waals surface area contributed by atoms with E-state index in [2.05, 4.69) is 181 Å². The van der Waals surface area contributed by atoms with Crippen molar-refractivity contribution in [3.05, 3.63) is 169 Å². The molecule has 0 amide bonds. The Morgan fingerprint density at radius 2 is 1.29 bits per heavy atom. The van der Waals surface area contributed by atoms with Crippen LogP contribution in [0.3, 0.4) is 0 Å². The van der Waals surface area contributed by atoms with Crippen molar-refractivity contribution >= 4 is 54.3 Å². The van der Waals surface area contributed by atoms with E-state index in [-0.39, 0.29) is 5.41 Å². The molecule has 4 nitrogen and oxygen atoms in total. The molecule has 0 saturated heterocycles. The second-order valence-electron chi connectivity index (χ2n) is 14.3. The van der Waals surface area contributed by atoms with Gasteiger partial charge in [0.05, 0.1) is 27.9 Å². The monoisotopic (exact) mass is 652 g/mol. The Bertz CT molecular complexity index is 3050. The molecule has 0 bridgehead atoms.